The van der Waals surface area contributed by atoms with E-state index in [4.69, 9.17) is 4.74 Å². The SMILES string of the molecule is Cc1nc(-c2ccsc2)sc1C(=O)NC(CC(=O)OC(C)C)c1ccccc1[N+](=O)[O-]. The summed E-state index contributed by atoms with van der Waals surface area (Å²) in [6.45, 7) is 5.15. The molecule has 1 aromatic carbocycles. The second kappa shape index (κ2) is 9.80. The number of nitro benzene ring substituents is 1. The smallest absolute Gasteiger partial charge is 0.308 e. The zero-order valence-electron chi connectivity index (χ0n) is 17.2. The van der Waals surface area contributed by atoms with E-state index in [1.165, 1.54) is 40.9 Å². The van der Waals surface area contributed by atoms with Crippen LogP contribution < -0.4 is 5.32 Å². The molecule has 1 unspecified atom stereocenters. The highest BCUT2D eigenvalue weighted by atomic mass is 32.1. The molecule has 0 spiro atoms. The summed E-state index contributed by atoms with van der Waals surface area (Å²) in [5.41, 5.74) is 1.54. The molecule has 0 radical (unpaired) electrons. The van der Waals surface area contributed by atoms with Crippen molar-refractivity contribution in [1.82, 2.24) is 10.3 Å². The van der Waals surface area contributed by atoms with Crippen LogP contribution in [0.25, 0.3) is 10.6 Å². The van der Waals surface area contributed by atoms with Gasteiger partial charge in [-0.25, -0.2) is 4.98 Å². The third kappa shape index (κ3) is 5.53. The maximum Gasteiger partial charge on any atom is 0.308 e. The van der Waals surface area contributed by atoms with Gasteiger partial charge in [0, 0.05) is 17.0 Å². The summed E-state index contributed by atoms with van der Waals surface area (Å²) < 4.78 is 5.20. The summed E-state index contributed by atoms with van der Waals surface area (Å²) in [5.74, 6) is -1.00. The van der Waals surface area contributed by atoms with Crippen molar-refractivity contribution >= 4 is 40.2 Å². The monoisotopic (exact) mass is 459 g/mol. The fourth-order valence-corrected chi connectivity index (χ4v) is 4.69. The largest absolute Gasteiger partial charge is 0.463 e. The minimum absolute atomic E-state index is 0.176. The molecule has 31 heavy (non-hydrogen) atoms. The number of nitrogens with one attached hydrogen (secondary N) is 1. The number of rotatable bonds is 8. The molecule has 0 aliphatic rings. The van der Waals surface area contributed by atoms with Gasteiger partial charge in [0.15, 0.2) is 0 Å². The third-order valence-electron chi connectivity index (χ3n) is 4.32. The second-order valence-electron chi connectivity index (χ2n) is 7.03. The number of thiazole rings is 1. The molecule has 0 bridgehead atoms. The van der Waals surface area contributed by atoms with Gasteiger partial charge in [-0.1, -0.05) is 18.2 Å². The fourth-order valence-electron chi connectivity index (χ4n) is 3.01. The van der Waals surface area contributed by atoms with E-state index in [2.05, 4.69) is 10.3 Å². The zero-order chi connectivity index (χ0) is 22.5. The van der Waals surface area contributed by atoms with Crippen LogP contribution in [0.2, 0.25) is 0 Å². The lowest BCUT2D eigenvalue weighted by Gasteiger charge is -2.19. The average molecular weight is 460 g/mol. The number of carbonyl (C=O) groups is 2. The van der Waals surface area contributed by atoms with Crippen LogP contribution in [0, 0.1) is 17.0 Å². The van der Waals surface area contributed by atoms with E-state index in [0.717, 1.165) is 5.56 Å². The maximum absolute atomic E-state index is 13.1. The molecule has 2 heterocycles. The molecule has 0 saturated heterocycles. The van der Waals surface area contributed by atoms with Crippen molar-refractivity contribution in [1.29, 1.82) is 0 Å². The number of benzene rings is 1. The van der Waals surface area contributed by atoms with Gasteiger partial charge in [0.25, 0.3) is 11.6 Å². The normalized spacial score (nSPS) is 11.9. The van der Waals surface area contributed by atoms with Gasteiger partial charge in [-0.2, -0.15) is 11.3 Å². The first kappa shape index (κ1) is 22.6. The number of hydrogen-bond donors (Lipinski definition) is 1. The Hall–Kier alpha value is -3.11. The van der Waals surface area contributed by atoms with Gasteiger partial charge >= 0.3 is 5.97 Å². The molecule has 162 valence electrons. The van der Waals surface area contributed by atoms with E-state index >= 15 is 0 Å². The molecule has 0 fully saturated rings. The lowest BCUT2D eigenvalue weighted by molar-refractivity contribution is -0.385. The number of aromatic nitrogens is 1. The van der Waals surface area contributed by atoms with Crippen molar-refractivity contribution in [3.63, 3.8) is 0 Å². The fraction of sp³-hybridized carbons (Fsp3) is 0.286. The summed E-state index contributed by atoms with van der Waals surface area (Å²) in [6.07, 6.45) is -0.573. The Labute approximate surface area is 187 Å². The minimum atomic E-state index is -0.925. The van der Waals surface area contributed by atoms with Gasteiger partial charge in [0.05, 0.1) is 34.7 Å². The Morgan fingerprint density at radius 1 is 1.26 bits per heavy atom. The van der Waals surface area contributed by atoms with Crippen LogP contribution >= 0.6 is 22.7 Å². The first-order chi connectivity index (χ1) is 14.8. The second-order valence-corrected chi connectivity index (χ2v) is 8.81. The van der Waals surface area contributed by atoms with Crippen molar-refractivity contribution in [3.05, 3.63) is 67.3 Å². The van der Waals surface area contributed by atoms with Crippen molar-refractivity contribution in [2.24, 2.45) is 0 Å². The van der Waals surface area contributed by atoms with Crippen LogP contribution in [0.3, 0.4) is 0 Å². The molecule has 1 N–H and O–H groups in total. The van der Waals surface area contributed by atoms with E-state index in [-0.39, 0.29) is 23.8 Å². The maximum atomic E-state index is 13.1. The quantitative estimate of drug-likeness (QED) is 0.291. The Kier molecular flexibility index (Phi) is 7.13. The highest BCUT2D eigenvalue weighted by molar-refractivity contribution is 7.17. The van der Waals surface area contributed by atoms with Crippen molar-refractivity contribution in [2.75, 3.05) is 0 Å². The van der Waals surface area contributed by atoms with Crippen LogP contribution in [0.1, 0.15) is 47.2 Å². The Bertz CT molecular complexity index is 1090. The molecule has 10 heteroatoms. The summed E-state index contributed by atoms with van der Waals surface area (Å²) in [7, 11) is 0. The number of carbonyl (C=O) groups excluding carboxylic acids is 2. The van der Waals surface area contributed by atoms with Crippen molar-refractivity contribution < 1.29 is 19.2 Å². The van der Waals surface area contributed by atoms with Crippen LogP contribution in [-0.4, -0.2) is 27.9 Å². The van der Waals surface area contributed by atoms with E-state index in [1.54, 1.807) is 26.8 Å². The number of thiophene rings is 1. The van der Waals surface area contributed by atoms with E-state index in [0.29, 0.717) is 15.6 Å². The number of ether oxygens (including phenoxy) is 1. The lowest BCUT2D eigenvalue weighted by atomic mass is 10.0. The summed E-state index contributed by atoms with van der Waals surface area (Å²) in [4.78, 5) is 41.2. The van der Waals surface area contributed by atoms with Gasteiger partial charge in [-0.05, 0) is 32.2 Å². The molecule has 0 aliphatic heterocycles. The highest BCUT2D eigenvalue weighted by Gasteiger charge is 2.28. The Morgan fingerprint density at radius 3 is 2.65 bits per heavy atom. The van der Waals surface area contributed by atoms with Crippen LogP contribution in [0.15, 0.2) is 41.1 Å². The predicted molar refractivity (Wildman–Crippen MR) is 119 cm³/mol. The number of esters is 1. The van der Waals surface area contributed by atoms with E-state index in [9.17, 15) is 19.7 Å². The Morgan fingerprint density at radius 2 is 2.00 bits per heavy atom. The summed E-state index contributed by atoms with van der Waals surface area (Å²) in [6, 6.07) is 7.03. The number of nitrogens with zero attached hydrogens (tertiary/aromatic N) is 2. The molecular weight excluding hydrogens is 438 g/mol. The van der Waals surface area contributed by atoms with Crippen molar-refractivity contribution in [3.8, 4) is 10.6 Å². The molecular formula is C21H21N3O5S2. The van der Waals surface area contributed by atoms with Crippen LogP contribution in [-0.2, 0) is 9.53 Å². The molecule has 0 aliphatic carbocycles. The first-order valence-corrected chi connectivity index (χ1v) is 11.3. The Balaban J connectivity index is 1.91. The third-order valence-corrected chi connectivity index (χ3v) is 6.21. The molecule has 1 atom stereocenters. The van der Waals surface area contributed by atoms with Gasteiger partial charge in [0.1, 0.15) is 9.88 Å². The number of hydrogen-bond acceptors (Lipinski definition) is 8. The van der Waals surface area contributed by atoms with Crippen LogP contribution in [0.5, 0.6) is 0 Å². The van der Waals surface area contributed by atoms with Gasteiger partial charge in [-0.3, -0.25) is 19.7 Å². The summed E-state index contributed by atoms with van der Waals surface area (Å²) in [5, 5.41) is 18.9. The van der Waals surface area contributed by atoms with Crippen LogP contribution in [0.4, 0.5) is 5.69 Å². The molecule has 0 saturated carbocycles. The van der Waals surface area contributed by atoms with Crippen molar-refractivity contribution in [2.45, 2.75) is 39.3 Å². The highest BCUT2D eigenvalue weighted by Crippen LogP contribution is 2.31. The number of aryl methyl sites for hydroxylation is 1. The standard InChI is InChI=1S/C21H21N3O5S2/c1-12(2)29-18(25)10-16(15-6-4-5-7-17(15)24(27)28)23-20(26)19-13(3)22-21(31-19)14-8-9-30-11-14/h4-9,11-12,16H,10H2,1-3H3,(H,23,26). The minimum Gasteiger partial charge on any atom is -0.463 e. The number of para-hydroxylation sites is 1. The topological polar surface area (TPSA) is 111 Å². The predicted octanol–water partition coefficient (Wildman–Crippen LogP) is 4.90. The van der Waals surface area contributed by atoms with E-state index < -0.39 is 22.8 Å². The average Bonchev–Trinajstić information content (AvgIpc) is 3.36. The number of amides is 1. The molecule has 8 nitrogen and oxygen atoms in total. The zero-order valence-corrected chi connectivity index (χ0v) is 18.8. The van der Waals surface area contributed by atoms with Gasteiger partial charge in [0.2, 0.25) is 0 Å². The first-order valence-electron chi connectivity index (χ1n) is 9.50. The lowest BCUT2D eigenvalue weighted by Crippen LogP contribution is -2.31. The van der Waals surface area contributed by atoms with Gasteiger partial charge in [-0.15, -0.1) is 11.3 Å². The molecule has 3 rings (SSSR count). The number of nitro groups is 1. The van der Waals surface area contributed by atoms with E-state index in [1.807, 2.05) is 16.8 Å². The molecule has 2 aromatic heterocycles. The molecule has 3 aromatic rings. The van der Waals surface area contributed by atoms with Gasteiger partial charge < -0.3 is 10.1 Å². The summed E-state index contributed by atoms with van der Waals surface area (Å²) >= 11 is 2.77. The molecule has 1 amide bonds.